The second kappa shape index (κ2) is 8.06. The topological polar surface area (TPSA) is 127 Å². The van der Waals surface area contributed by atoms with Crippen LogP contribution in [0.5, 0.6) is 0 Å². The number of hydrogen-bond donors (Lipinski definition) is 0. The summed E-state index contributed by atoms with van der Waals surface area (Å²) in [6, 6.07) is 3.20. The predicted octanol–water partition coefficient (Wildman–Crippen LogP) is 1.68. The molecule has 0 aliphatic rings. The van der Waals surface area contributed by atoms with Crippen molar-refractivity contribution >= 4 is 15.7 Å². The molecule has 1 aromatic rings. The first kappa shape index (κ1) is 21.9. The maximum Gasteiger partial charge on any atom is 0.281 e. The fourth-order valence-corrected chi connectivity index (χ4v) is 3.58. The molecule has 0 spiro atoms. The lowest BCUT2D eigenvalue weighted by Crippen LogP contribution is -2.31. The van der Waals surface area contributed by atoms with E-state index < -0.39 is 31.1 Å². The van der Waals surface area contributed by atoms with Crippen LogP contribution in [0.25, 0.3) is 0 Å². The summed E-state index contributed by atoms with van der Waals surface area (Å²) in [6.07, 6.45) is 0.595. The van der Waals surface area contributed by atoms with Crippen molar-refractivity contribution in [1.29, 1.82) is 0 Å². The van der Waals surface area contributed by atoms with E-state index in [2.05, 4.69) is 0 Å². The van der Waals surface area contributed by atoms with E-state index in [1.807, 2.05) is 19.0 Å². The summed E-state index contributed by atoms with van der Waals surface area (Å²) in [4.78, 5) is 22.8. The molecule has 146 valence electrons. The van der Waals surface area contributed by atoms with Crippen LogP contribution in [-0.4, -0.2) is 61.7 Å². The lowest BCUT2D eigenvalue weighted by atomic mass is 9.93. The van der Waals surface area contributed by atoms with Gasteiger partial charge in [-0.05, 0) is 39.2 Å². The summed E-state index contributed by atoms with van der Waals surface area (Å²) >= 11 is 0. The Hall–Kier alpha value is -2.11. The number of nitrogens with zero attached hydrogens (tertiary/aromatic N) is 4. The standard InChI is InChI=1S/C15H24N4O6S/c1-15(2,19(22)23)13-8-7-12(11-14(13)18(20)21)26(24,25)17(5)10-6-9-16(3)4/h7-8,11H,6,9-10H2,1-5H3. The lowest BCUT2D eigenvalue weighted by Gasteiger charge is -2.20. The van der Waals surface area contributed by atoms with Crippen molar-refractivity contribution in [3.63, 3.8) is 0 Å². The minimum atomic E-state index is -3.93. The Morgan fingerprint density at radius 1 is 1.08 bits per heavy atom. The minimum Gasteiger partial charge on any atom is -0.309 e. The van der Waals surface area contributed by atoms with Crippen LogP contribution in [0.4, 0.5) is 5.69 Å². The Morgan fingerprint density at radius 3 is 2.12 bits per heavy atom. The van der Waals surface area contributed by atoms with Gasteiger partial charge >= 0.3 is 0 Å². The quantitative estimate of drug-likeness (QED) is 0.465. The third-order valence-corrected chi connectivity index (χ3v) is 5.92. The van der Waals surface area contributed by atoms with Gasteiger partial charge in [-0.3, -0.25) is 20.2 Å². The lowest BCUT2D eigenvalue weighted by molar-refractivity contribution is -0.570. The van der Waals surface area contributed by atoms with Crippen LogP contribution in [0.2, 0.25) is 0 Å². The van der Waals surface area contributed by atoms with E-state index in [9.17, 15) is 28.6 Å². The number of benzene rings is 1. The van der Waals surface area contributed by atoms with Crippen molar-refractivity contribution in [1.82, 2.24) is 9.21 Å². The average Bonchev–Trinajstić information content (AvgIpc) is 2.53. The Kier molecular flexibility index (Phi) is 6.80. The third kappa shape index (κ3) is 4.74. The summed E-state index contributed by atoms with van der Waals surface area (Å²) < 4.78 is 26.4. The van der Waals surface area contributed by atoms with E-state index in [0.29, 0.717) is 13.0 Å². The summed E-state index contributed by atoms with van der Waals surface area (Å²) in [5.41, 5.74) is -2.46. The Morgan fingerprint density at radius 2 is 1.65 bits per heavy atom. The fraction of sp³-hybridized carbons (Fsp3) is 0.600. The number of nitro benzene ring substituents is 1. The first-order valence-electron chi connectivity index (χ1n) is 7.86. The van der Waals surface area contributed by atoms with Crippen LogP contribution in [-0.2, 0) is 15.6 Å². The zero-order valence-electron chi connectivity index (χ0n) is 15.5. The van der Waals surface area contributed by atoms with Crippen molar-refractivity contribution in [2.24, 2.45) is 0 Å². The van der Waals surface area contributed by atoms with Gasteiger partial charge in [0.05, 0.1) is 9.82 Å². The molecule has 0 amide bonds. The molecule has 0 unspecified atom stereocenters. The highest BCUT2D eigenvalue weighted by atomic mass is 32.2. The molecule has 10 nitrogen and oxygen atoms in total. The van der Waals surface area contributed by atoms with E-state index >= 15 is 0 Å². The number of nitro groups is 2. The first-order valence-corrected chi connectivity index (χ1v) is 9.30. The molecule has 26 heavy (non-hydrogen) atoms. The highest BCUT2D eigenvalue weighted by Gasteiger charge is 2.40. The second-order valence-corrected chi connectivity index (χ2v) is 8.78. The Bertz CT molecular complexity index is 791. The molecule has 11 heteroatoms. The number of hydrogen-bond acceptors (Lipinski definition) is 7. The molecule has 0 aliphatic carbocycles. The summed E-state index contributed by atoms with van der Waals surface area (Å²) in [6.45, 7) is 3.40. The molecule has 1 aromatic carbocycles. The summed E-state index contributed by atoms with van der Waals surface area (Å²) in [7, 11) is 1.20. The molecule has 0 heterocycles. The SMILES string of the molecule is CN(C)CCCN(C)S(=O)(=O)c1ccc(C(C)(C)[N+](=O)[O-])c([N+](=O)[O-])c1. The minimum absolute atomic E-state index is 0.151. The molecular formula is C15H24N4O6S. The zero-order valence-corrected chi connectivity index (χ0v) is 16.3. The van der Waals surface area contributed by atoms with Crippen LogP contribution < -0.4 is 0 Å². The van der Waals surface area contributed by atoms with E-state index in [1.165, 1.54) is 27.0 Å². The van der Waals surface area contributed by atoms with Gasteiger partial charge in [0.25, 0.3) is 5.69 Å². The van der Waals surface area contributed by atoms with Crippen molar-refractivity contribution in [2.75, 3.05) is 34.2 Å². The molecule has 0 atom stereocenters. The molecular weight excluding hydrogens is 364 g/mol. The van der Waals surface area contributed by atoms with Crippen molar-refractivity contribution < 1.29 is 18.3 Å². The first-order chi connectivity index (χ1) is 11.8. The van der Waals surface area contributed by atoms with Crippen LogP contribution >= 0.6 is 0 Å². The average molecular weight is 388 g/mol. The molecule has 1 rings (SSSR count). The molecule has 0 aliphatic heterocycles. The van der Waals surface area contributed by atoms with Crippen LogP contribution in [0, 0.1) is 20.2 Å². The Balaban J connectivity index is 3.28. The van der Waals surface area contributed by atoms with Gasteiger partial charge in [-0.1, -0.05) is 0 Å². The highest BCUT2D eigenvalue weighted by Crippen LogP contribution is 2.34. The maximum atomic E-state index is 12.6. The van der Waals surface area contributed by atoms with Gasteiger partial charge < -0.3 is 4.90 Å². The van der Waals surface area contributed by atoms with Crippen molar-refractivity contribution in [2.45, 2.75) is 30.7 Å². The molecule has 0 N–H and O–H groups in total. The molecule has 0 saturated heterocycles. The monoisotopic (exact) mass is 388 g/mol. The summed E-state index contributed by atoms with van der Waals surface area (Å²) in [5.74, 6) is 0. The van der Waals surface area contributed by atoms with E-state index in [1.54, 1.807) is 0 Å². The van der Waals surface area contributed by atoms with E-state index in [-0.39, 0.29) is 17.0 Å². The van der Waals surface area contributed by atoms with Gasteiger partial charge in [-0.2, -0.15) is 0 Å². The maximum absolute atomic E-state index is 12.6. The van der Waals surface area contributed by atoms with Crippen molar-refractivity contribution in [3.8, 4) is 0 Å². The molecule has 0 fully saturated rings. The summed E-state index contributed by atoms with van der Waals surface area (Å²) in [5, 5.41) is 22.6. The molecule has 0 bridgehead atoms. The smallest absolute Gasteiger partial charge is 0.281 e. The normalized spacial score (nSPS) is 12.6. The van der Waals surface area contributed by atoms with Crippen LogP contribution in [0.1, 0.15) is 25.8 Å². The van der Waals surface area contributed by atoms with Gasteiger partial charge in [-0.25, -0.2) is 12.7 Å². The predicted molar refractivity (Wildman–Crippen MR) is 96.1 cm³/mol. The van der Waals surface area contributed by atoms with Gasteiger partial charge in [0.15, 0.2) is 0 Å². The van der Waals surface area contributed by atoms with Crippen molar-refractivity contribution in [3.05, 3.63) is 44.0 Å². The number of rotatable bonds is 9. The molecule has 0 aromatic heterocycles. The van der Waals surface area contributed by atoms with Gasteiger partial charge in [0, 0.05) is 38.4 Å². The Labute approximate surface area is 152 Å². The van der Waals surface area contributed by atoms with Crippen LogP contribution in [0.3, 0.4) is 0 Å². The third-order valence-electron chi connectivity index (χ3n) is 4.07. The highest BCUT2D eigenvalue weighted by molar-refractivity contribution is 7.89. The van der Waals surface area contributed by atoms with Gasteiger partial charge in [0.2, 0.25) is 15.6 Å². The van der Waals surface area contributed by atoms with E-state index in [0.717, 1.165) is 16.4 Å². The van der Waals surface area contributed by atoms with E-state index in [4.69, 9.17) is 0 Å². The van der Waals surface area contributed by atoms with Gasteiger partial charge in [-0.15, -0.1) is 0 Å². The molecule has 0 saturated carbocycles. The van der Waals surface area contributed by atoms with Crippen LogP contribution in [0.15, 0.2) is 23.1 Å². The zero-order chi connectivity index (χ0) is 20.3. The largest absolute Gasteiger partial charge is 0.309 e. The fourth-order valence-electron chi connectivity index (χ4n) is 2.35. The number of sulfonamides is 1. The second-order valence-electron chi connectivity index (χ2n) is 6.74. The van der Waals surface area contributed by atoms with Gasteiger partial charge in [0.1, 0.15) is 5.56 Å². The molecule has 0 radical (unpaired) electrons.